The van der Waals surface area contributed by atoms with Crippen LogP contribution in [0.5, 0.6) is 0 Å². The molecule has 1 saturated heterocycles. The first-order valence-corrected chi connectivity index (χ1v) is 9.60. The van der Waals surface area contributed by atoms with Gasteiger partial charge >= 0.3 is 6.09 Å². The second-order valence-corrected chi connectivity index (χ2v) is 8.41. The zero-order valence-corrected chi connectivity index (χ0v) is 16.3. The molecule has 4 atom stereocenters. The van der Waals surface area contributed by atoms with Crippen molar-refractivity contribution in [2.75, 3.05) is 0 Å². The number of benzene rings is 1. The van der Waals surface area contributed by atoms with Crippen LogP contribution in [-0.2, 0) is 9.53 Å². The Bertz CT molecular complexity index is 732. The molecule has 1 aromatic carbocycles. The van der Waals surface area contributed by atoms with E-state index in [1.807, 2.05) is 39.0 Å². The predicted molar refractivity (Wildman–Crippen MR) is 104 cm³/mol. The van der Waals surface area contributed by atoms with Gasteiger partial charge in [0.2, 0.25) is 5.91 Å². The molecule has 5 nitrogen and oxygen atoms in total. The van der Waals surface area contributed by atoms with E-state index in [1.54, 1.807) is 4.90 Å². The Balaban J connectivity index is 1.65. The number of carbonyl (C=O) groups excluding carboxylic acids is 2. The number of ether oxygens (including phenoxy) is 1. The van der Waals surface area contributed by atoms with E-state index in [2.05, 4.69) is 23.4 Å². The molecular weight excluding hydrogens is 340 g/mol. The third kappa shape index (κ3) is 4.63. The van der Waals surface area contributed by atoms with Crippen LogP contribution in [0.3, 0.4) is 0 Å². The van der Waals surface area contributed by atoms with Crippen molar-refractivity contribution >= 4 is 12.0 Å². The highest BCUT2D eigenvalue weighted by molar-refractivity contribution is 5.87. The van der Waals surface area contributed by atoms with Crippen LogP contribution in [-0.4, -0.2) is 40.6 Å². The average molecular weight is 368 g/mol. The van der Waals surface area contributed by atoms with Gasteiger partial charge in [0.15, 0.2) is 0 Å². The van der Waals surface area contributed by atoms with Crippen molar-refractivity contribution in [3.8, 4) is 12.3 Å². The van der Waals surface area contributed by atoms with Gasteiger partial charge < -0.3 is 10.1 Å². The minimum absolute atomic E-state index is 0.108. The molecule has 1 saturated carbocycles. The maximum absolute atomic E-state index is 12.9. The number of likely N-dealkylation sites (tertiary alicyclic amines) is 1. The smallest absolute Gasteiger partial charge is 0.411 e. The van der Waals surface area contributed by atoms with Gasteiger partial charge in [-0.05, 0) is 45.6 Å². The highest BCUT2D eigenvalue weighted by atomic mass is 16.6. The Morgan fingerprint density at radius 2 is 1.96 bits per heavy atom. The fourth-order valence-corrected chi connectivity index (χ4v) is 3.77. The van der Waals surface area contributed by atoms with Gasteiger partial charge in [-0.3, -0.25) is 9.69 Å². The van der Waals surface area contributed by atoms with Crippen LogP contribution >= 0.6 is 0 Å². The third-order valence-electron chi connectivity index (χ3n) is 5.11. The molecule has 2 fully saturated rings. The molecule has 2 amide bonds. The summed E-state index contributed by atoms with van der Waals surface area (Å²) in [5, 5.41) is 3.11. The third-order valence-corrected chi connectivity index (χ3v) is 5.11. The lowest BCUT2D eigenvalue weighted by Gasteiger charge is -2.31. The summed E-state index contributed by atoms with van der Waals surface area (Å²) >= 11 is 0. The summed E-state index contributed by atoms with van der Waals surface area (Å²) in [5.74, 6) is 2.86. The minimum atomic E-state index is -0.615. The normalized spacial score (nSPS) is 27.0. The zero-order chi connectivity index (χ0) is 19.6. The summed E-state index contributed by atoms with van der Waals surface area (Å²) in [7, 11) is 0. The molecule has 144 valence electrons. The first kappa shape index (κ1) is 19.3. The molecule has 0 unspecified atom stereocenters. The summed E-state index contributed by atoms with van der Waals surface area (Å²) in [6.07, 6.45) is 7.69. The number of rotatable bonds is 4. The molecule has 0 aromatic heterocycles. The quantitative estimate of drug-likeness (QED) is 0.828. The zero-order valence-electron chi connectivity index (χ0n) is 16.3. The lowest BCUT2D eigenvalue weighted by molar-refractivity contribution is -0.126. The van der Waals surface area contributed by atoms with Gasteiger partial charge in [-0.2, -0.15) is 0 Å². The Morgan fingerprint density at radius 1 is 1.26 bits per heavy atom. The second-order valence-electron chi connectivity index (χ2n) is 8.41. The van der Waals surface area contributed by atoms with Crippen molar-refractivity contribution in [1.82, 2.24) is 10.2 Å². The lowest BCUT2D eigenvalue weighted by atomic mass is 10.1. The highest BCUT2D eigenvalue weighted by Crippen LogP contribution is 2.41. The van der Waals surface area contributed by atoms with Crippen LogP contribution in [0.2, 0.25) is 0 Å². The van der Waals surface area contributed by atoms with Gasteiger partial charge in [-0.25, -0.2) is 4.79 Å². The van der Waals surface area contributed by atoms with Gasteiger partial charge in [0.1, 0.15) is 11.6 Å². The van der Waals surface area contributed by atoms with Gasteiger partial charge in [-0.15, -0.1) is 12.3 Å². The van der Waals surface area contributed by atoms with Crippen molar-refractivity contribution in [2.45, 2.75) is 76.1 Å². The molecule has 1 aliphatic heterocycles. The molecule has 5 heteroatoms. The summed E-state index contributed by atoms with van der Waals surface area (Å²) < 4.78 is 5.53. The maximum Gasteiger partial charge on any atom is 0.411 e. The van der Waals surface area contributed by atoms with Crippen LogP contribution < -0.4 is 5.32 Å². The van der Waals surface area contributed by atoms with Crippen LogP contribution in [0.4, 0.5) is 4.79 Å². The number of hydrogen-bond donors (Lipinski definition) is 1. The van der Waals surface area contributed by atoms with E-state index in [-0.39, 0.29) is 18.0 Å². The summed E-state index contributed by atoms with van der Waals surface area (Å²) in [4.78, 5) is 27.1. The highest BCUT2D eigenvalue weighted by Gasteiger charge is 2.46. The van der Waals surface area contributed by atoms with E-state index < -0.39 is 17.7 Å². The molecule has 1 aromatic rings. The molecule has 1 heterocycles. The molecule has 1 aliphatic carbocycles. The van der Waals surface area contributed by atoms with Crippen molar-refractivity contribution in [3.05, 3.63) is 35.9 Å². The van der Waals surface area contributed by atoms with E-state index in [0.29, 0.717) is 25.2 Å². The van der Waals surface area contributed by atoms with Crippen molar-refractivity contribution in [1.29, 1.82) is 0 Å². The van der Waals surface area contributed by atoms with Crippen molar-refractivity contribution < 1.29 is 14.3 Å². The molecule has 0 spiro atoms. The van der Waals surface area contributed by atoms with E-state index in [0.717, 1.165) is 6.42 Å². The number of amides is 2. The Morgan fingerprint density at radius 3 is 2.59 bits per heavy atom. The maximum atomic E-state index is 12.9. The summed E-state index contributed by atoms with van der Waals surface area (Å²) in [6, 6.07) is 9.65. The minimum Gasteiger partial charge on any atom is -0.444 e. The van der Waals surface area contributed by atoms with E-state index in [9.17, 15) is 9.59 Å². The van der Waals surface area contributed by atoms with Crippen LogP contribution in [0, 0.1) is 12.3 Å². The number of hydrogen-bond acceptors (Lipinski definition) is 3. The molecule has 1 N–H and O–H groups in total. The molecule has 3 rings (SSSR count). The second kappa shape index (κ2) is 7.64. The fourth-order valence-electron chi connectivity index (χ4n) is 3.77. The Hall–Kier alpha value is -2.48. The van der Waals surface area contributed by atoms with Gasteiger partial charge in [-0.1, -0.05) is 30.3 Å². The van der Waals surface area contributed by atoms with Gasteiger partial charge in [0, 0.05) is 24.4 Å². The summed E-state index contributed by atoms with van der Waals surface area (Å²) in [5.41, 5.74) is 0.624. The van der Waals surface area contributed by atoms with Gasteiger partial charge in [0.05, 0.1) is 0 Å². The molecule has 0 radical (unpaired) electrons. The van der Waals surface area contributed by atoms with Gasteiger partial charge in [0.25, 0.3) is 0 Å². The topological polar surface area (TPSA) is 58.6 Å². The number of carbonyl (C=O) groups is 2. The largest absolute Gasteiger partial charge is 0.444 e. The average Bonchev–Trinajstić information content (AvgIpc) is 3.23. The standard InChI is InChI=1S/C22H28N2O3/c1-5-9-16-12-13-19(24(16)21(26)27-22(2,3)4)20(25)23-18-14-17(18)15-10-7-6-8-11-15/h1,6-8,10-11,16-19H,9,12-14H2,2-4H3,(H,23,25)/t16-,17-,18+,19+/m1/s1. The molecule has 27 heavy (non-hydrogen) atoms. The summed E-state index contributed by atoms with van der Waals surface area (Å²) in [6.45, 7) is 5.46. The van der Waals surface area contributed by atoms with Crippen LogP contribution in [0.15, 0.2) is 30.3 Å². The van der Waals surface area contributed by atoms with E-state index in [1.165, 1.54) is 5.56 Å². The number of terminal acetylenes is 1. The lowest BCUT2D eigenvalue weighted by Crippen LogP contribution is -2.50. The van der Waals surface area contributed by atoms with E-state index in [4.69, 9.17) is 11.2 Å². The van der Waals surface area contributed by atoms with Crippen molar-refractivity contribution in [2.24, 2.45) is 0 Å². The fraction of sp³-hybridized carbons (Fsp3) is 0.545. The first-order chi connectivity index (χ1) is 12.8. The molecule has 0 bridgehead atoms. The first-order valence-electron chi connectivity index (χ1n) is 9.60. The monoisotopic (exact) mass is 368 g/mol. The van der Waals surface area contributed by atoms with E-state index >= 15 is 0 Å². The SMILES string of the molecule is C#CC[C@@H]1CC[C@@H](C(=O)N[C@H]2C[C@@H]2c2ccccc2)N1C(=O)OC(C)(C)C. The van der Waals surface area contributed by atoms with Crippen LogP contribution in [0.1, 0.15) is 57.9 Å². The van der Waals surface area contributed by atoms with Crippen molar-refractivity contribution in [3.63, 3.8) is 0 Å². The number of nitrogens with zero attached hydrogens (tertiary/aromatic N) is 1. The van der Waals surface area contributed by atoms with Crippen LogP contribution in [0.25, 0.3) is 0 Å². The molecule has 2 aliphatic rings. The predicted octanol–water partition coefficient (Wildman–Crippen LogP) is 3.45. The number of nitrogens with one attached hydrogen (secondary N) is 1. The molecular formula is C22H28N2O3. The Kier molecular flexibility index (Phi) is 5.46. The Labute approximate surface area is 161 Å².